The van der Waals surface area contributed by atoms with Crippen molar-refractivity contribution in [2.45, 2.75) is 38.5 Å². The van der Waals surface area contributed by atoms with E-state index in [0.29, 0.717) is 29.8 Å². The van der Waals surface area contributed by atoms with E-state index in [1.165, 1.54) is 0 Å². The Morgan fingerprint density at radius 2 is 1.86 bits per heavy atom. The van der Waals surface area contributed by atoms with Crippen LogP contribution >= 0.6 is 0 Å². The molecule has 4 aliphatic rings. The molecule has 4 saturated carbocycles. The zero-order valence-corrected chi connectivity index (χ0v) is 8.37. The van der Waals surface area contributed by atoms with Gasteiger partial charge in [0.1, 0.15) is 11.6 Å². The van der Waals surface area contributed by atoms with Gasteiger partial charge in [0.25, 0.3) is 0 Å². The molecule has 4 atom stereocenters. The second kappa shape index (κ2) is 2.91. The van der Waals surface area contributed by atoms with Crippen LogP contribution in [0.15, 0.2) is 0 Å². The first-order valence-corrected chi connectivity index (χ1v) is 5.83. The normalized spacial score (nSPS) is 46.6. The van der Waals surface area contributed by atoms with Crippen LogP contribution in [0.5, 0.6) is 0 Å². The number of Topliss-reactive ketones (excluding diaryl/α,β-unsaturated/α-hetero) is 2. The zero-order chi connectivity index (χ0) is 9.71. The Morgan fingerprint density at radius 1 is 1.00 bits per heavy atom. The molecule has 0 aromatic heterocycles. The SMILES string of the molecule is O=C1CCC[C@H]2[C@@H]1[C@@H]1CC[C@H]2C(=O)C1. The average Bonchev–Trinajstić information content (AvgIpc) is 2.18. The monoisotopic (exact) mass is 192 g/mol. The summed E-state index contributed by atoms with van der Waals surface area (Å²) in [6.07, 6.45) is 5.83. The summed E-state index contributed by atoms with van der Waals surface area (Å²) in [4.78, 5) is 23.5. The van der Waals surface area contributed by atoms with E-state index in [2.05, 4.69) is 0 Å². The van der Waals surface area contributed by atoms with Crippen molar-refractivity contribution in [3.63, 3.8) is 0 Å². The molecule has 0 radical (unpaired) electrons. The molecule has 4 fully saturated rings. The molecule has 0 unspecified atom stereocenters. The van der Waals surface area contributed by atoms with Gasteiger partial charge in [0.2, 0.25) is 0 Å². The highest BCUT2D eigenvalue weighted by Gasteiger charge is 2.51. The Bertz CT molecular complexity index is 295. The second-order valence-corrected chi connectivity index (χ2v) is 5.16. The first kappa shape index (κ1) is 8.63. The summed E-state index contributed by atoms with van der Waals surface area (Å²) in [6, 6.07) is 0. The lowest BCUT2D eigenvalue weighted by molar-refractivity contribution is -0.146. The van der Waals surface area contributed by atoms with Crippen LogP contribution in [0.25, 0.3) is 0 Å². The van der Waals surface area contributed by atoms with Crippen LogP contribution in [0.4, 0.5) is 0 Å². The van der Waals surface area contributed by atoms with Gasteiger partial charge in [-0.25, -0.2) is 0 Å². The fourth-order valence-corrected chi connectivity index (χ4v) is 3.99. The molecular weight excluding hydrogens is 176 g/mol. The van der Waals surface area contributed by atoms with Crippen molar-refractivity contribution in [2.75, 3.05) is 0 Å². The van der Waals surface area contributed by atoms with Crippen molar-refractivity contribution in [3.8, 4) is 0 Å². The molecular formula is C12H16O2. The third kappa shape index (κ3) is 1.03. The quantitative estimate of drug-likeness (QED) is 0.588. The lowest BCUT2D eigenvalue weighted by Crippen LogP contribution is -2.50. The lowest BCUT2D eigenvalue weighted by atomic mass is 9.54. The summed E-state index contributed by atoms with van der Waals surface area (Å²) in [6.45, 7) is 0. The van der Waals surface area contributed by atoms with E-state index in [1.54, 1.807) is 0 Å². The Labute approximate surface area is 84.1 Å². The number of carbonyl (C=O) groups is 2. The van der Waals surface area contributed by atoms with Gasteiger partial charge in [-0.05, 0) is 37.5 Å². The van der Waals surface area contributed by atoms with Gasteiger partial charge in [-0.3, -0.25) is 9.59 Å². The number of hydrogen-bond donors (Lipinski definition) is 0. The summed E-state index contributed by atoms with van der Waals surface area (Å²) in [5.74, 6) is 2.32. The highest BCUT2D eigenvalue weighted by atomic mass is 16.1. The third-order valence-corrected chi connectivity index (χ3v) is 4.54. The van der Waals surface area contributed by atoms with Gasteiger partial charge < -0.3 is 0 Å². The Kier molecular flexibility index (Phi) is 1.80. The molecule has 4 aliphatic carbocycles. The standard InChI is InChI=1S/C12H16O2/c13-10-3-1-2-9-8-5-4-7(12(9)10)6-11(8)14/h7-9,12H,1-6H2/t7-,8-,9-,12+/m1/s1. The van der Waals surface area contributed by atoms with Gasteiger partial charge in [0.05, 0.1) is 0 Å². The summed E-state index contributed by atoms with van der Waals surface area (Å²) >= 11 is 0. The molecule has 2 bridgehead atoms. The fraction of sp³-hybridized carbons (Fsp3) is 0.833. The molecule has 0 aromatic rings. The molecule has 0 spiro atoms. The van der Waals surface area contributed by atoms with Crippen LogP contribution in [-0.4, -0.2) is 11.6 Å². The van der Waals surface area contributed by atoms with Crippen molar-refractivity contribution >= 4 is 11.6 Å². The van der Waals surface area contributed by atoms with E-state index in [4.69, 9.17) is 0 Å². The molecule has 14 heavy (non-hydrogen) atoms. The van der Waals surface area contributed by atoms with Crippen molar-refractivity contribution in [3.05, 3.63) is 0 Å². The molecule has 2 nitrogen and oxygen atoms in total. The first-order valence-electron chi connectivity index (χ1n) is 5.83. The number of carbonyl (C=O) groups excluding carboxylic acids is 2. The Hall–Kier alpha value is -0.660. The summed E-state index contributed by atoms with van der Waals surface area (Å²) in [5, 5.41) is 0. The molecule has 0 heterocycles. The predicted molar refractivity (Wildman–Crippen MR) is 51.7 cm³/mol. The van der Waals surface area contributed by atoms with E-state index < -0.39 is 0 Å². The van der Waals surface area contributed by atoms with Gasteiger partial charge in [0.15, 0.2) is 0 Å². The van der Waals surface area contributed by atoms with Gasteiger partial charge in [-0.1, -0.05) is 0 Å². The van der Waals surface area contributed by atoms with Crippen LogP contribution in [0.2, 0.25) is 0 Å². The molecule has 76 valence electrons. The average molecular weight is 192 g/mol. The van der Waals surface area contributed by atoms with Crippen molar-refractivity contribution in [1.29, 1.82) is 0 Å². The van der Waals surface area contributed by atoms with Crippen LogP contribution in [0, 0.1) is 23.7 Å². The van der Waals surface area contributed by atoms with Gasteiger partial charge in [0, 0.05) is 24.7 Å². The largest absolute Gasteiger partial charge is 0.299 e. The van der Waals surface area contributed by atoms with Gasteiger partial charge >= 0.3 is 0 Å². The van der Waals surface area contributed by atoms with Crippen molar-refractivity contribution in [1.82, 2.24) is 0 Å². The van der Waals surface area contributed by atoms with Crippen LogP contribution in [0.3, 0.4) is 0 Å². The van der Waals surface area contributed by atoms with Crippen molar-refractivity contribution < 1.29 is 9.59 Å². The molecule has 2 heteroatoms. The maximum atomic E-state index is 11.8. The highest BCUT2D eigenvalue weighted by molar-refractivity contribution is 5.89. The molecule has 0 amide bonds. The Balaban J connectivity index is 1.94. The zero-order valence-electron chi connectivity index (χ0n) is 8.37. The molecule has 4 rings (SSSR count). The lowest BCUT2D eigenvalue weighted by Gasteiger charge is -2.48. The van der Waals surface area contributed by atoms with Gasteiger partial charge in [-0.15, -0.1) is 0 Å². The number of rotatable bonds is 0. The van der Waals surface area contributed by atoms with E-state index in [1.807, 2.05) is 0 Å². The van der Waals surface area contributed by atoms with Gasteiger partial charge in [-0.2, -0.15) is 0 Å². The molecule has 0 saturated heterocycles. The molecule has 0 N–H and O–H groups in total. The van der Waals surface area contributed by atoms with Crippen LogP contribution in [0.1, 0.15) is 38.5 Å². The maximum Gasteiger partial charge on any atom is 0.136 e. The number of fused-ring (bicyclic) bond motifs is 2. The summed E-state index contributed by atoms with van der Waals surface area (Å²) in [5.41, 5.74) is 0. The number of hydrogen-bond acceptors (Lipinski definition) is 2. The molecule has 0 aromatic carbocycles. The van der Waals surface area contributed by atoms with E-state index >= 15 is 0 Å². The highest BCUT2D eigenvalue weighted by Crippen LogP contribution is 2.51. The first-order chi connectivity index (χ1) is 6.77. The van der Waals surface area contributed by atoms with Crippen LogP contribution in [-0.2, 0) is 9.59 Å². The maximum absolute atomic E-state index is 11.8. The predicted octanol–water partition coefficient (Wildman–Crippen LogP) is 1.97. The van der Waals surface area contributed by atoms with E-state index in [0.717, 1.165) is 32.1 Å². The minimum absolute atomic E-state index is 0.259. The van der Waals surface area contributed by atoms with Crippen molar-refractivity contribution in [2.24, 2.45) is 23.7 Å². The fourth-order valence-electron chi connectivity index (χ4n) is 3.99. The summed E-state index contributed by atoms with van der Waals surface area (Å²) in [7, 11) is 0. The van der Waals surface area contributed by atoms with Crippen LogP contribution < -0.4 is 0 Å². The number of ketones is 2. The smallest absolute Gasteiger partial charge is 0.136 e. The van der Waals surface area contributed by atoms with E-state index in [-0.39, 0.29) is 11.8 Å². The minimum Gasteiger partial charge on any atom is -0.299 e. The third-order valence-electron chi connectivity index (χ3n) is 4.54. The molecule has 0 aliphatic heterocycles. The van der Waals surface area contributed by atoms with E-state index in [9.17, 15) is 9.59 Å². The minimum atomic E-state index is 0.259. The Morgan fingerprint density at radius 3 is 2.64 bits per heavy atom. The summed E-state index contributed by atoms with van der Waals surface area (Å²) < 4.78 is 0. The second-order valence-electron chi connectivity index (χ2n) is 5.16. The topological polar surface area (TPSA) is 34.1 Å².